The minimum absolute atomic E-state index is 0.0589. The van der Waals surface area contributed by atoms with Gasteiger partial charge in [-0.2, -0.15) is 0 Å². The first-order valence-corrected chi connectivity index (χ1v) is 5.23. The van der Waals surface area contributed by atoms with Crippen molar-refractivity contribution in [1.82, 2.24) is 0 Å². The van der Waals surface area contributed by atoms with Gasteiger partial charge in [0, 0.05) is 6.07 Å². The monoisotopic (exact) mass is 242 g/mol. The van der Waals surface area contributed by atoms with Gasteiger partial charge in [-0.05, 0) is 23.6 Å². The smallest absolute Gasteiger partial charge is 0.309 e. The Morgan fingerprint density at radius 1 is 1.29 bits per heavy atom. The van der Waals surface area contributed by atoms with Gasteiger partial charge in [-0.15, -0.1) is 0 Å². The second-order valence-electron chi connectivity index (χ2n) is 4.30. The van der Waals surface area contributed by atoms with Crippen molar-refractivity contribution >= 4 is 5.97 Å². The Bertz CT molecular complexity index is 397. The minimum atomic E-state index is -1.35. The number of aromatic hydroxyl groups is 1. The Labute approximate surface area is 98.3 Å². The molecule has 0 aromatic heterocycles. The van der Waals surface area contributed by atoms with Crippen LogP contribution in [0.4, 0.5) is 4.39 Å². The molecule has 0 aliphatic rings. The highest BCUT2D eigenvalue weighted by Crippen LogP contribution is 2.30. The fraction of sp³-hybridized carbons (Fsp3) is 0.417. The van der Waals surface area contributed by atoms with Crippen LogP contribution in [0.1, 0.15) is 25.5 Å². The van der Waals surface area contributed by atoms with E-state index in [1.54, 1.807) is 13.8 Å². The van der Waals surface area contributed by atoms with Crippen molar-refractivity contribution in [2.45, 2.75) is 20.0 Å². The molecule has 94 valence electrons. The summed E-state index contributed by atoms with van der Waals surface area (Å²) in [6.07, 6.45) is -1.35. The van der Waals surface area contributed by atoms with Gasteiger partial charge in [-0.3, -0.25) is 4.79 Å². The summed E-state index contributed by atoms with van der Waals surface area (Å²) in [6.45, 7) is 3.31. The SMILES string of the molecule is CC(C)C(C(=O)O)C(O)c1cc(O)cc(F)c1. The van der Waals surface area contributed by atoms with E-state index < -0.39 is 23.8 Å². The van der Waals surface area contributed by atoms with Gasteiger partial charge in [0.2, 0.25) is 0 Å². The van der Waals surface area contributed by atoms with Crippen LogP contribution in [0.25, 0.3) is 0 Å². The van der Waals surface area contributed by atoms with Gasteiger partial charge in [0.1, 0.15) is 11.6 Å². The number of benzene rings is 1. The molecule has 2 unspecified atom stereocenters. The van der Waals surface area contributed by atoms with E-state index in [0.29, 0.717) is 0 Å². The maximum Gasteiger partial charge on any atom is 0.309 e. The zero-order chi connectivity index (χ0) is 13.2. The van der Waals surface area contributed by atoms with Gasteiger partial charge in [-0.1, -0.05) is 13.8 Å². The van der Waals surface area contributed by atoms with Crippen LogP contribution >= 0.6 is 0 Å². The van der Waals surface area contributed by atoms with Crippen LogP contribution in [0.15, 0.2) is 18.2 Å². The molecule has 0 fully saturated rings. The van der Waals surface area contributed by atoms with E-state index in [-0.39, 0.29) is 17.2 Å². The van der Waals surface area contributed by atoms with E-state index in [0.717, 1.165) is 18.2 Å². The van der Waals surface area contributed by atoms with E-state index in [1.807, 2.05) is 0 Å². The molecule has 0 radical (unpaired) electrons. The number of phenols is 1. The lowest BCUT2D eigenvalue weighted by molar-refractivity contribution is -0.148. The minimum Gasteiger partial charge on any atom is -0.508 e. The predicted molar refractivity (Wildman–Crippen MR) is 59.0 cm³/mol. The van der Waals surface area contributed by atoms with E-state index in [4.69, 9.17) is 5.11 Å². The number of carboxylic acid groups (broad SMARTS) is 1. The Morgan fingerprint density at radius 3 is 2.29 bits per heavy atom. The first kappa shape index (κ1) is 13.4. The highest BCUT2D eigenvalue weighted by Gasteiger charge is 2.31. The van der Waals surface area contributed by atoms with Crippen LogP contribution in [0, 0.1) is 17.7 Å². The van der Waals surface area contributed by atoms with Crippen molar-refractivity contribution in [3.8, 4) is 5.75 Å². The number of aliphatic carboxylic acids is 1. The Kier molecular flexibility index (Phi) is 4.07. The maximum atomic E-state index is 13.0. The van der Waals surface area contributed by atoms with Gasteiger partial charge in [0.25, 0.3) is 0 Å². The van der Waals surface area contributed by atoms with E-state index in [9.17, 15) is 19.4 Å². The highest BCUT2D eigenvalue weighted by atomic mass is 19.1. The topological polar surface area (TPSA) is 77.8 Å². The van der Waals surface area contributed by atoms with Crippen LogP contribution < -0.4 is 0 Å². The molecule has 0 aliphatic heterocycles. The number of carboxylic acids is 1. The molecule has 0 amide bonds. The Hall–Kier alpha value is -1.62. The molecule has 0 bridgehead atoms. The summed E-state index contributed by atoms with van der Waals surface area (Å²) < 4.78 is 13.0. The first-order valence-electron chi connectivity index (χ1n) is 5.23. The van der Waals surface area contributed by atoms with Crippen molar-refractivity contribution in [1.29, 1.82) is 0 Å². The number of rotatable bonds is 4. The summed E-state index contributed by atoms with van der Waals surface area (Å²) in [5.41, 5.74) is 0.0589. The second-order valence-corrected chi connectivity index (χ2v) is 4.30. The number of aliphatic hydroxyl groups is 1. The van der Waals surface area contributed by atoms with Gasteiger partial charge in [0.05, 0.1) is 12.0 Å². The summed E-state index contributed by atoms with van der Waals surface area (Å²) in [5.74, 6) is -3.57. The van der Waals surface area contributed by atoms with Crippen molar-refractivity contribution in [2.75, 3.05) is 0 Å². The second kappa shape index (κ2) is 5.14. The Balaban J connectivity index is 3.09. The largest absolute Gasteiger partial charge is 0.508 e. The summed E-state index contributed by atoms with van der Waals surface area (Å²) in [5, 5.41) is 28.1. The van der Waals surface area contributed by atoms with Crippen LogP contribution in [0.3, 0.4) is 0 Å². The first-order chi connectivity index (χ1) is 7.82. The lowest BCUT2D eigenvalue weighted by Crippen LogP contribution is -2.27. The number of phenolic OH excluding ortho intramolecular Hbond substituents is 1. The third-order valence-electron chi connectivity index (χ3n) is 2.59. The molecule has 0 saturated heterocycles. The molecule has 0 aliphatic carbocycles. The van der Waals surface area contributed by atoms with Gasteiger partial charge < -0.3 is 15.3 Å². The normalized spacial score (nSPS) is 14.6. The number of aliphatic hydroxyl groups excluding tert-OH is 1. The summed E-state index contributed by atoms with van der Waals surface area (Å²) >= 11 is 0. The Morgan fingerprint density at radius 2 is 1.88 bits per heavy atom. The summed E-state index contributed by atoms with van der Waals surface area (Å²) in [4.78, 5) is 11.0. The van der Waals surface area contributed by atoms with Crippen LogP contribution in [-0.2, 0) is 4.79 Å². The van der Waals surface area contributed by atoms with Crippen molar-refractivity contribution in [3.05, 3.63) is 29.6 Å². The maximum absolute atomic E-state index is 13.0. The molecule has 2 atom stereocenters. The summed E-state index contributed by atoms with van der Waals surface area (Å²) in [7, 11) is 0. The number of hydrogen-bond donors (Lipinski definition) is 3. The molecular weight excluding hydrogens is 227 g/mol. The molecule has 5 heteroatoms. The molecule has 0 heterocycles. The third kappa shape index (κ3) is 3.17. The van der Waals surface area contributed by atoms with Gasteiger partial charge in [0.15, 0.2) is 0 Å². The van der Waals surface area contributed by atoms with Crippen LogP contribution in [-0.4, -0.2) is 21.3 Å². The molecule has 1 rings (SSSR count). The third-order valence-corrected chi connectivity index (χ3v) is 2.59. The van der Waals surface area contributed by atoms with Gasteiger partial charge in [-0.25, -0.2) is 4.39 Å². The quantitative estimate of drug-likeness (QED) is 0.753. The van der Waals surface area contributed by atoms with E-state index >= 15 is 0 Å². The average molecular weight is 242 g/mol. The highest BCUT2D eigenvalue weighted by molar-refractivity contribution is 5.71. The molecule has 0 spiro atoms. The predicted octanol–water partition coefficient (Wildman–Crippen LogP) is 1.92. The fourth-order valence-electron chi connectivity index (χ4n) is 1.76. The van der Waals surface area contributed by atoms with Crippen LogP contribution in [0.2, 0.25) is 0 Å². The average Bonchev–Trinajstić information content (AvgIpc) is 2.14. The molecule has 4 nitrogen and oxygen atoms in total. The lowest BCUT2D eigenvalue weighted by Gasteiger charge is -2.22. The van der Waals surface area contributed by atoms with Gasteiger partial charge >= 0.3 is 5.97 Å². The van der Waals surface area contributed by atoms with E-state index in [1.165, 1.54) is 0 Å². The van der Waals surface area contributed by atoms with Crippen molar-refractivity contribution < 1.29 is 24.5 Å². The zero-order valence-electron chi connectivity index (χ0n) is 9.59. The summed E-state index contributed by atoms with van der Waals surface area (Å²) in [6, 6.07) is 3.07. The van der Waals surface area contributed by atoms with Crippen molar-refractivity contribution in [2.24, 2.45) is 11.8 Å². The molecule has 1 aromatic carbocycles. The zero-order valence-corrected chi connectivity index (χ0v) is 9.59. The molecule has 1 aromatic rings. The standard InChI is InChI=1S/C12H15FO4/c1-6(2)10(12(16)17)11(15)7-3-8(13)5-9(14)4-7/h3-6,10-11,14-15H,1-2H3,(H,16,17). The van der Waals surface area contributed by atoms with Crippen LogP contribution in [0.5, 0.6) is 5.75 Å². The molecule has 17 heavy (non-hydrogen) atoms. The fourth-order valence-corrected chi connectivity index (χ4v) is 1.76. The number of carbonyl (C=O) groups is 1. The van der Waals surface area contributed by atoms with Crippen molar-refractivity contribution in [3.63, 3.8) is 0 Å². The van der Waals surface area contributed by atoms with E-state index in [2.05, 4.69) is 0 Å². The lowest BCUT2D eigenvalue weighted by atomic mass is 9.86. The number of hydrogen-bond acceptors (Lipinski definition) is 3. The molecule has 3 N–H and O–H groups in total. The molecule has 0 saturated carbocycles. The molecular formula is C12H15FO4. The number of halogens is 1.